The predicted octanol–water partition coefficient (Wildman–Crippen LogP) is 11.2. The van der Waals surface area contributed by atoms with E-state index in [1.807, 2.05) is 6.08 Å². The minimum absolute atomic E-state index is 0.131. The Morgan fingerprint density at radius 1 is 0.571 bits per heavy atom. The van der Waals surface area contributed by atoms with Gasteiger partial charge in [0.2, 0.25) is 0 Å². The standard InChI is InChI=1S/C44H76NO10P/c1-3-5-7-9-11-13-15-17-19-20-22-23-25-27-29-31-33-35-42(46)52-37-40(38-53-56(50,51)54-39-41(45)44(48)49)55-43(47)36-34-32-30-28-26-24-21-18-16-14-12-10-8-6-4-2/h14,16-19,21-23,27,29,40-41H,3-13,15,20,24-26,28,30-39,45H2,1-2H3,(H,48,49)(H,50,51)/b16-14+,19-17+,21-18+,23-22+,29-27+/t40-,41+/m1/s1. The number of carbonyl (C=O) groups is 3. The van der Waals surface area contributed by atoms with Crippen molar-refractivity contribution >= 4 is 25.7 Å². The van der Waals surface area contributed by atoms with E-state index in [2.05, 4.69) is 73.1 Å². The molecule has 0 aromatic carbocycles. The first-order valence-corrected chi connectivity index (χ1v) is 22.8. The second-order valence-electron chi connectivity index (χ2n) is 14.1. The van der Waals surface area contributed by atoms with E-state index in [0.717, 1.165) is 57.8 Å². The molecule has 0 aromatic heterocycles. The molecule has 0 aliphatic rings. The maximum atomic E-state index is 12.6. The van der Waals surface area contributed by atoms with Crippen molar-refractivity contribution in [2.45, 2.75) is 180 Å². The largest absolute Gasteiger partial charge is 0.480 e. The molecule has 0 fully saturated rings. The van der Waals surface area contributed by atoms with Gasteiger partial charge >= 0.3 is 25.7 Å². The summed E-state index contributed by atoms with van der Waals surface area (Å²) in [5, 5.41) is 8.88. The third kappa shape index (κ3) is 38.1. The number of phosphoric ester groups is 1. The number of carboxylic acids is 1. The first-order chi connectivity index (χ1) is 27.1. The van der Waals surface area contributed by atoms with Crippen molar-refractivity contribution in [3.05, 3.63) is 60.8 Å². The van der Waals surface area contributed by atoms with E-state index in [1.54, 1.807) is 0 Å². The SMILES string of the molecule is CCCCCC/C=C/C=C/CCCCCCCC(=O)O[C@H](COC(=O)CCC/C=C/C/C=C/C/C=C/CCCCCCCC)COP(=O)(O)OC[C@H](N)C(=O)O. The number of carboxylic acid groups (broad SMARTS) is 1. The molecule has 3 atom stereocenters. The van der Waals surface area contributed by atoms with Gasteiger partial charge in [-0.1, -0.05) is 145 Å². The van der Waals surface area contributed by atoms with Gasteiger partial charge in [-0.15, -0.1) is 0 Å². The van der Waals surface area contributed by atoms with E-state index >= 15 is 0 Å². The number of hydrogen-bond acceptors (Lipinski definition) is 9. The highest BCUT2D eigenvalue weighted by Gasteiger charge is 2.28. The fraction of sp³-hybridized carbons (Fsp3) is 0.705. The average Bonchev–Trinajstić information content (AvgIpc) is 3.17. The monoisotopic (exact) mass is 810 g/mol. The molecule has 0 spiro atoms. The Bertz CT molecular complexity index is 1180. The number of unbranched alkanes of at least 4 members (excludes halogenated alkanes) is 16. The molecule has 12 heteroatoms. The lowest BCUT2D eigenvalue weighted by Gasteiger charge is -2.20. The van der Waals surface area contributed by atoms with Crippen molar-refractivity contribution in [3.63, 3.8) is 0 Å². The van der Waals surface area contributed by atoms with Crippen LogP contribution in [0.15, 0.2) is 60.8 Å². The van der Waals surface area contributed by atoms with Crippen molar-refractivity contribution in [3.8, 4) is 0 Å². The lowest BCUT2D eigenvalue weighted by atomic mass is 10.1. The van der Waals surface area contributed by atoms with Gasteiger partial charge in [-0.2, -0.15) is 0 Å². The van der Waals surface area contributed by atoms with E-state index < -0.39 is 51.1 Å². The summed E-state index contributed by atoms with van der Waals surface area (Å²) >= 11 is 0. The summed E-state index contributed by atoms with van der Waals surface area (Å²) in [6, 6.07) is -1.53. The third-order valence-electron chi connectivity index (χ3n) is 8.77. The molecule has 322 valence electrons. The van der Waals surface area contributed by atoms with Crippen LogP contribution < -0.4 is 5.73 Å². The average molecular weight is 810 g/mol. The van der Waals surface area contributed by atoms with Crippen LogP contribution in [0.5, 0.6) is 0 Å². The normalized spacial score (nSPS) is 14.4. The second-order valence-corrected chi connectivity index (χ2v) is 15.6. The molecule has 4 N–H and O–H groups in total. The van der Waals surface area contributed by atoms with Crippen LogP contribution in [0.2, 0.25) is 0 Å². The molecule has 0 aromatic rings. The number of aliphatic carboxylic acids is 1. The summed E-state index contributed by atoms with van der Waals surface area (Å²) in [7, 11) is -4.73. The molecule has 0 saturated heterocycles. The number of nitrogens with two attached hydrogens (primary N) is 1. The van der Waals surface area contributed by atoms with Gasteiger partial charge in [0, 0.05) is 12.8 Å². The number of phosphoric acid groups is 1. The Morgan fingerprint density at radius 3 is 1.59 bits per heavy atom. The highest BCUT2D eigenvalue weighted by molar-refractivity contribution is 7.47. The fourth-order valence-corrected chi connectivity index (χ4v) is 6.14. The minimum atomic E-state index is -4.73. The van der Waals surface area contributed by atoms with Crippen molar-refractivity contribution in [2.75, 3.05) is 19.8 Å². The summed E-state index contributed by atoms with van der Waals surface area (Å²) in [4.78, 5) is 45.9. The Hall–Kier alpha value is -2.82. The zero-order valence-corrected chi connectivity index (χ0v) is 35.6. The van der Waals surface area contributed by atoms with E-state index in [1.165, 1.54) is 64.2 Å². The van der Waals surface area contributed by atoms with Crippen molar-refractivity contribution in [2.24, 2.45) is 5.73 Å². The molecule has 11 nitrogen and oxygen atoms in total. The quantitative estimate of drug-likeness (QED) is 0.0177. The van der Waals surface area contributed by atoms with Gasteiger partial charge in [-0.25, -0.2) is 4.57 Å². The van der Waals surface area contributed by atoms with Crippen LogP contribution in [0, 0.1) is 0 Å². The number of carbonyl (C=O) groups excluding carboxylic acids is 2. The zero-order valence-electron chi connectivity index (χ0n) is 34.7. The molecule has 0 saturated carbocycles. The van der Waals surface area contributed by atoms with Gasteiger partial charge in [0.05, 0.1) is 13.2 Å². The van der Waals surface area contributed by atoms with Crippen LogP contribution in [0.25, 0.3) is 0 Å². The third-order valence-corrected chi connectivity index (χ3v) is 9.72. The number of rotatable bonds is 39. The van der Waals surface area contributed by atoms with Gasteiger partial charge in [0.25, 0.3) is 0 Å². The Labute approximate surface area is 338 Å². The molecule has 0 rings (SSSR count). The lowest BCUT2D eigenvalue weighted by Crippen LogP contribution is -2.34. The summed E-state index contributed by atoms with van der Waals surface area (Å²) in [6.45, 7) is 2.69. The molecule has 1 unspecified atom stereocenters. The van der Waals surface area contributed by atoms with Crippen molar-refractivity contribution in [1.82, 2.24) is 0 Å². The molecule has 0 aliphatic carbocycles. The number of esters is 2. The molecule has 0 amide bonds. The zero-order chi connectivity index (χ0) is 41.4. The summed E-state index contributed by atoms with van der Waals surface area (Å²) in [6.07, 6.45) is 44.3. The van der Waals surface area contributed by atoms with Crippen LogP contribution >= 0.6 is 7.82 Å². The second kappa shape index (κ2) is 39.0. The maximum absolute atomic E-state index is 12.6. The predicted molar refractivity (Wildman–Crippen MR) is 226 cm³/mol. The van der Waals surface area contributed by atoms with Crippen molar-refractivity contribution < 1.29 is 47.5 Å². The van der Waals surface area contributed by atoms with Gasteiger partial charge in [0.1, 0.15) is 12.6 Å². The van der Waals surface area contributed by atoms with Gasteiger partial charge < -0.3 is 25.2 Å². The van der Waals surface area contributed by atoms with Crippen molar-refractivity contribution in [1.29, 1.82) is 0 Å². The van der Waals surface area contributed by atoms with Crippen LogP contribution in [0.1, 0.15) is 168 Å². The molecular weight excluding hydrogens is 733 g/mol. The van der Waals surface area contributed by atoms with E-state index in [-0.39, 0.29) is 19.4 Å². The van der Waals surface area contributed by atoms with Crippen LogP contribution in [0.4, 0.5) is 0 Å². The fourth-order valence-electron chi connectivity index (χ4n) is 5.36. The molecule has 0 radical (unpaired) electrons. The Morgan fingerprint density at radius 2 is 1.02 bits per heavy atom. The smallest absolute Gasteiger partial charge is 0.472 e. The summed E-state index contributed by atoms with van der Waals surface area (Å²) in [5.41, 5.74) is 5.32. The van der Waals surface area contributed by atoms with E-state index in [9.17, 15) is 23.8 Å². The van der Waals surface area contributed by atoms with Crippen LogP contribution in [0.3, 0.4) is 0 Å². The lowest BCUT2D eigenvalue weighted by molar-refractivity contribution is -0.161. The molecular formula is C44H76NO10P. The van der Waals surface area contributed by atoms with Gasteiger partial charge in [0.15, 0.2) is 6.10 Å². The van der Waals surface area contributed by atoms with Gasteiger partial charge in [-0.3, -0.25) is 23.4 Å². The van der Waals surface area contributed by atoms with E-state index in [4.69, 9.17) is 24.8 Å². The number of ether oxygens (including phenoxy) is 2. The molecule has 56 heavy (non-hydrogen) atoms. The topological polar surface area (TPSA) is 172 Å². The van der Waals surface area contributed by atoms with Gasteiger partial charge in [-0.05, 0) is 70.6 Å². The Kier molecular flexibility index (Phi) is 37.1. The number of hydrogen-bond donors (Lipinski definition) is 3. The van der Waals surface area contributed by atoms with E-state index in [0.29, 0.717) is 19.3 Å². The highest BCUT2D eigenvalue weighted by Crippen LogP contribution is 2.43. The number of allylic oxidation sites excluding steroid dienone is 10. The van der Waals surface area contributed by atoms with Crippen LogP contribution in [-0.2, 0) is 37.5 Å². The molecule has 0 heterocycles. The first-order valence-electron chi connectivity index (χ1n) is 21.3. The minimum Gasteiger partial charge on any atom is -0.480 e. The molecule has 0 bridgehead atoms. The first kappa shape index (κ1) is 53.2. The molecule has 0 aliphatic heterocycles. The maximum Gasteiger partial charge on any atom is 0.472 e. The summed E-state index contributed by atoms with van der Waals surface area (Å²) in [5.74, 6) is -2.47. The highest BCUT2D eigenvalue weighted by atomic mass is 31.2. The van der Waals surface area contributed by atoms with Crippen LogP contribution in [-0.4, -0.2) is 59.9 Å². The summed E-state index contributed by atoms with van der Waals surface area (Å²) < 4.78 is 32.6. The Balaban J connectivity index is 4.50.